The summed E-state index contributed by atoms with van der Waals surface area (Å²) in [6, 6.07) is 12.4. The van der Waals surface area contributed by atoms with Crippen LogP contribution in [-0.4, -0.2) is 38.2 Å². The SMILES string of the molecule is O=C(O)c1cc(C(=O)O)cc(-c2ccc(/C=C3/SC(=O)N(Cc4ccccc4F)C3=O)o2)c1. The van der Waals surface area contributed by atoms with Crippen LogP contribution in [0.15, 0.2) is 63.9 Å². The molecule has 0 bridgehead atoms. The van der Waals surface area contributed by atoms with Crippen LogP contribution >= 0.6 is 11.8 Å². The minimum atomic E-state index is -1.30. The lowest BCUT2D eigenvalue weighted by Gasteiger charge is -2.12. The Bertz CT molecular complexity index is 1310. The number of thioether (sulfide) groups is 1. The number of furan rings is 1. The summed E-state index contributed by atoms with van der Waals surface area (Å²) in [6.07, 6.45) is 1.34. The first kappa shape index (κ1) is 22.0. The molecule has 0 unspecified atom stereocenters. The molecule has 0 atom stereocenters. The van der Waals surface area contributed by atoms with Crippen molar-refractivity contribution < 1.29 is 38.2 Å². The maximum absolute atomic E-state index is 13.9. The molecule has 8 nitrogen and oxygen atoms in total. The van der Waals surface area contributed by atoms with Crippen LogP contribution in [0, 0.1) is 5.82 Å². The Morgan fingerprint density at radius 3 is 2.30 bits per heavy atom. The van der Waals surface area contributed by atoms with Crippen molar-refractivity contribution >= 4 is 40.9 Å². The molecule has 2 heterocycles. The number of imide groups is 1. The van der Waals surface area contributed by atoms with E-state index < -0.39 is 28.9 Å². The van der Waals surface area contributed by atoms with Crippen molar-refractivity contribution in [2.75, 3.05) is 0 Å². The summed E-state index contributed by atoms with van der Waals surface area (Å²) in [5.41, 5.74) is -0.0253. The first-order valence-corrected chi connectivity index (χ1v) is 10.3. The Morgan fingerprint density at radius 2 is 1.67 bits per heavy atom. The largest absolute Gasteiger partial charge is 0.478 e. The highest BCUT2D eigenvalue weighted by Gasteiger charge is 2.35. The molecule has 3 aromatic rings. The van der Waals surface area contributed by atoms with E-state index in [9.17, 15) is 33.8 Å². The highest BCUT2D eigenvalue weighted by Crippen LogP contribution is 2.34. The van der Waals surface area contributed by atoms with Gasteiger partial charge in [0.25, 0.3) is 11.1 Å². The van der Waals surface area contributed by atoms with Gasteiger partial charge in [-0.05, 0) is 48.2 Å². The molecule has 10 heteroatoms. The van der Waals surface area contributed by atoms with Crippen LogP contribution < -0.4 is 0 Å². The van der Waals surface area contributed by atoms with E-state index >= 15 is 0 Å². The zero-order valence-electron chi connectivity index (χ0n) is 16.6. The maximum Gasteiger partial charge on any atom is 0.335 e. The molecule has 33 heavy (non-hydrogen) atoms. The lowest BCUT2D eigenvalue weighted by atomic mass is 10.0. The summed E-state index contributed by atoms with van der Waals surface area (Å²) >= 11 is 0.680. The second-order valence-corrected chi connectivity index (χ2v) is 7.96. The molecule has 0 spiro atoms. The first-order valence-electron chi connectivity index (χ1n) is 9.43. The van der Waals surface area contributed by atoms with Gasteiger partial charge in [-0.25, -0.2) is 14.0 Å². The average Bonchev–Trinajstić information content (AvgIpc) is 3.35. The van der Waals surface area contributed by atoms with Crippen molar-refractivity contribution in [2.45, 2.75) is 6.54 Å². The summed E-state index contributed by atoms with van der Waals surface area (Å²) in [6.45, 7) is -0.210. The molecule has 1 aliphatic heterocycles. The monoisotopic (exact) mass is 467 g/mol. The van der Waals surface area contributed by atoms with Crippen molar-refractivity contribution in [3.63, 3.8) is 0 Å². The van der Waals surface area contributed by atoms with Crippen LogP contribution in [0.3, 0.4) is 0 Å². The van der Waals surface area contributed by atoms with E-state index in [1.165, 1.54) is 48.5 Å². The number of carboxylic acid groups (broad SMARTS) is 2. The van der Waals surface area contributed by atoms with Gasteiger partial charge in [0.05, 0.1) is 22.6 Å². The molecule has 0 aliphatic carbocycles. The molecule has 1 fully saturated rings. The fourth-order valence-corrected chi connectivity index (χ4v) is 3.98. The van der Waals surface area contributed by atoms with Crippen LogP contribution in [-0.2, 0) is 11.3 Å². The number of carbonyl (C=O) groups excluding carboxylic acids is 2. The number of carbonyl (C=O) groups is 4. The Hall–Kier alpha value is -4.18. The third-order valence-electron chi connectivity index (χ3n) is 4.77. The van der Waals surface area contributed by atoms with E-state index in [1.54, 1.807) is 6.07 Å². The van der Waals surface area contributed by atoms with Crippen LogP contribution in [0.4, 0.5) is 9.18 Å². The molecule has 0 saturated carbocycles. The van der Waals surface area contributed by atoms with Crippen molar-refractivity contribution in [3.05, 3.63) is 87.8 Å². The average molecular weight is 467 g/mol. The standard InChI is InChI=1S/C23H14FNO7S/c24-17-4-2-1-3-12(17)11-25-20(26)19(33-23(25)31)10-16-5-6-18(32-16)13-7-14(21(27)28)9-15(8-13)22(29)30/h1-10H,11H2,(H,27,28)(H,29,30)/b19-10+. The molecule has 4 rings (SSSR count). The highest BCUT2D eigenvalue weighted by atomic mass is 32.2. The molecule has 166 valence electrons. The minimum absolute atomic E-state index is 0.0720. The predicted molar refractivity (Wildman–Crippen MR) is 116 cm³/mol. The maximum atomic E-state index is 13.9. The van der Waals surface area contributed by atoms with Gasteiger partial charge < -0.3 is 14.6 Å². The van der Waals surface area contributed by atoms with Gasteiger partial charge in [-0.15, -0.1) is 0 Å². The molecule has 2 amide bonds. The third-order valence-corrected chi connectivity index (χ3v) is 5.68. The van der Waals surface area contributed by atoms with Gasteiger partial charge in [0.15, 0.2) is 0 Å². The van der Waals surface area contributed by atoms with Crippen LogP contribution in [0.2, 0.25) is 0 Å². The van der Waals surface area contributed by atoms with E-state index in [-0.39, 0.29) is 45.2 Å². The first-order chi connectivity index (χ1) is 15.7. The summed E-state index contributed by atoms with van der Waals surface area (Å²) < 4.78 is 19.5. The Labute approximate surface area is 189 Å². The number of hydrogen-bond acceptors (Lipinski definition) is 6. The topological polar surface area (TPSA) is 125 Å². The molecular weight excluding hydrogens is 453 g/mol. The molecule has 2 aromatic carbocycles. The molecule has 1 aliphatic rings. The lowest BCUT2D eigenvalue weighted by Crippen LogP contribution is -2.27. The van der Waals surface area contributed by atoms with E-state index in [2.05, 4.69) is 0 Å². The fraction of sp³-hybridized carbons (Fsp3) is 0.0435. The number of hydrogen-bond donors (Lipinski definition) is 2. The van der Waals surface area contributed by atoms with Crippen molar-refractivity contribution in [2.24, 2.45) is 0 Å². The number of benzene rings is 2. The minimum Gasteiger partial charge on any atom is -0.478 e. The van der Waals surface area contributed by atoms with Gasteiger partial charge in [0, 0.05) is 17.2 Å². The number of rotatable bonds is 6. The van der Waals surface area contributed by atoms with Gasteiger partial charge >= 0.3 is 11.9 Å². The van der Waals surface area contributed by atoms with E-state index in [0.29, 0.717) is 11.8 Å². The van der Waals surface area contributed by atoms with Gasteiger partial charge in [0.2, 0.25) is 0 Å². The number of aromatic carboxylic acids is 2. The third kappa shape index (κ3) is 4.55. The normalized spacial score (nSPS) is 14.8. The molecular formula is C23H14FNO7S. The number of carboxylic acids is 2. The Morgan fingerprint density at radius 1 is 1.00 bits per heavy atom. The van der Waals surface area contributed by atoms with Crippen LogP contribution in [0.5, 0.6) is 0 Å². The van der Waals surface area contributed by atoms with Gasteiger partial charge in [0.1, 0.15) is 17.3 Å². The van der Waals surface area contributed by atoms with Gasteiger partial charge in [-0.1, -0.05) is 18.2 Å². The lowest BCUT2D eigenvalue weighted by molar-refractivity contribution is -0.123. The Kier molecular flexibility index (Phi) is 5.84. The summed E-state index contributed by atoms with van der Waals surface area (Å²) in [7, 11) is 0. The Balaban J connectivity index is 1.60. The van der Waals surface area contributed by atoms with Gasteiger partial charge in [-0.3, -0.25) is 14.5 Å². The van der Waals surface area contributed by atoms with E-state index in [0.717, 1.165) is 11.0 Å². The van der Waals surface area contributed by atoms with Crippen molar-refractivity contribution in [1.82, 2.24) is 4.90 Å². The highest BCUT2D eigenvalue weighted by molar-refractivity contribution is 8.18. The smallest absolute Gasteiger partial charge is 0.335 e. The molecule has 1 aromatic heterocycles. The summed E-state index contributed by atoms with van der Waals surface area (Å²) in [5, 5.41) is 17.9. The zero-order chi connectivity index (χ0) is 23.7. The van der Waals surface area contributed by atoms with Crippen molar-refractivity contribution in [1.29, 1.82) is 0 Å². The quantitative estimate of drug-likeness (QED) is 0.499. The fourth-order valence-electron chi connectivity index (χ4n) is 3.16. The second-order valence-electron chi connectivity index (χ2n) is 6.97. The summed E-state index contributed by atoms with van der Waals surface area (Å²) in [5.74, 6) is -3.35. The predicted octanol–water partition coefficient (Wildman–Crippen LogP) is 4.72. The number of nitrogens with zero attached hydrogens (tertiary/aromatic N) is 1. The molecule has 2 N–H and O–H groups in total. The summed E-state index contributed by atoms with van der Waals surface area (Å²) in [4.78, 5) is 48.6. The zero-order valence-corrected chi connectivity index (χ0v) is 17.5. The van der Waals surface area contributed by atoms with Crippen LogP contribution in [0.25, 0.3) is 17.4 Å². The van der Waals surface area contributed by atoms with Crippen molar-refractivity contribution in [3.8, 4) is 11.3 Å². The molecule has 0 radical (unpaired) electrons. The number of halogens is 1. The van der Waals surface area contributed by atoms with E-state index in [1.807, 2.05) is 0 Å². The van der Waals surface area contributed by atoms with E-state index in [4.69, 9.17) is 4.42 Å². The van der Waals surface area contributed by atoms with Crippen LogP contribution in [0.1, 0.15) is 32.0 Å². The molecule has 1 saturated heterocycles. The number of amides is 2. The second kappa shape index (κ2) is 8.75. The van der Waals surface area contributed by atoms with Gasteiger partial charge in [-0.2, -0.15) is 0 Å².